The second-order valence-corrected chi connectivity index (χ2v) is 10.9. The first kappa shape index (κ1) is 29.5. The first-order valence-corrected chi connectivity index (χ1v) is 13.9. The number of aliphatic hydroxyl groups excluding tert-OH is 2. The van der Waals surface area contributed by atoms with Gasteiger partial charge in [-0.15, -0.1) is 0 Å². The van der Waals surface area contributed by atoms with E-state index in [-0.39, 0.29) is 30.7 Å². The molecule has 5 N–H and O–H groups in total. The molecule has 3 aromatic rings. The molecule has 1 aliphatic rings. The summed E-state index contributed by atoms with van der Waals surface area (Å²) in [6.07, 6.45) is 4.46. The third-order valence-corrected chi connectivity index (χ3v) is 8.03. The van der Waals surface area contributed by atoms with Crippen molar-refractivity contribution in [3.8, 4) is 11.1 Å². The van der Waals surface area contributed by atoms with E-state index in [4.69, 9.17) is 0 Å². The number of aryl methyl sites for hydroxylation is 2. The number of aromatic nitrogens is 2. The van der Waals surface area contributed by atoms with Crippen LogP contribution in [0.1, 0.15) is 72.5 Å². The number of nitrogens with one attached hydrogen (secondary N) is 3. The molecule has 0 aliphatic heterocycles. The van der Waals surface area contributed by atoms with Crippen molar-refractivity contribution in [1.29, 1.82) is 0 Å². The number of hydrogen-bond acceptors (Lipinski definition) is 7. The van der Waals surface area contributed by atoms with Crippen molar-refractivity contribution in [3.05, 3.63) is 80.5 Å². The summed E-state index contributed by atoms with van der Waals surface area (Å²) >= 11 is 0. The lowest BCUT2D eigenvalue weighted by Gasteiger charge is -2.37. The highest BCUT2D eigenvalue weighted by Gasteiger charge is 2.27. The van der Waals surface area contributed by atoms with Crippen molar-refractivity contribution in [2.45, 2.75) is 84.8 Å². The molecular formula is C31H41N5O4. The summed E-state index contributed by atoms with van der Waals surface area (Å²) in [4.78, 5) is 33.5. The Labute approximate surface area is 235 Å². The first-order chi connectivity index (χ1) is 19.1. The summed E-state index contributed by atoms with van der Waals surface area (Å²) in [5.41, 5.74) is 7.15. The normalized spacial score (nSPS) is 17.9. The number of carbonyl (C=O) groups is 1. The molecule has 4 rings (SSSR count). The topological polar surface area (TPSA) is 131 Å². The molecule has 1 aromatic carbocycles. The van der Waals surface area contributed by atoms with Crippen LogP contribution in [-0.2, 0) is 17.9 Å². The molecule has 1 unspecified atom stereocenters. The van der Waals surface area contributed by atoms with E-state index in [1.165, 1.54) is 0 Å². The minimum atomic E-state index is -1.01. The van der Waals surface area contributed by atoms with E-state index >= 15 is 0 Å². The Morgan fingerprint density at radius 2 is 1.85 bits per heavy atom. The molecule has 214 valence electrons. The van der Waals surface area contributed by atoms with E-state index in [0.717, 1.165) is 64.9 Å². The highest BCUT2D eigenvalue weighted by molar-refractivity contribution is 5.73. The van der Waals surface area contributed by atoms with Crippen molar-refractivity contribution >= 4 is 11.6 Å². The SMILES string of the molecule is CC(=O)N[C@H]1CC[C@@H](N(C)c2cc(-c3ccc(CO)nc3)cc(C(O)NCc3c(C)cc(C)[nH]c3=O)c2C)CC1. The molecule has 0 saturated heterocycles. The number of anilines is 1. The highest BCUT2D eigenvalue weighted by Crippen LogP contribution is 2.36. The van der Waals surface area contributed by atoms with Crippen molar-refractivity contribution in [1.82, 2.24) is 20.6 Å². The van der Waals surface area contributed by atoms with Crippen LogP contribution >= 0.6 is 0 Å². The summed E-state index contributed by atoms with van der Waals surface area (Å²) in [6, 6.07) is 10.2. The van der Waals surface area contributed by atoms with Crippen LogP contribution in [0.5, 0.6) is 0 Å². The molecule has 1 atom stereocenters. The third-order valence-electron chi connectivity index (χ3n) is 8.03. The lowest BCUT2D eigenvalue weighted by Crippen LogP contribution is -2.42. The zero-order valence-electron chi connectivity index (χ0n) is 24.0. The van der Waals surface area contributed by atoms with E-state index in [1.54, 1.807) is 19.2 Å². The number of rotatable bonds is 9. The number of aliphatic hydroxyl groups is 2. The molecule has 0 spiro atoms. The Bertz CT molecular complexity index is 1390. The van der Waals surface area contributed by atoms with Gasteiger partial charge in [0.1, 0.15) is 6.23 Å². The number of hydrogen-bond donors (Lipinski definition) is 5. The average molecular weight is 548 g/mol. The predicted octanol–water partition coefficient (Wildman–Crippen LogP) is 3.52. The van der Waals surface area contributed by atoms with Gasteiger partial charge in [-0.1, -0.05) is 6.07 Å². The fourth-order valence-corrected chi connectivity index (χ4v) is 5.73. The van der Waals surface area contributed by atoms with Crippen molar-refractivity contribution in [3.63, 3.8) is 0 Å². The van der Waals surface area contributed by atoms with Crippen LogP contribution in [0, 0.1) is 20.8 Å². The largest absolute Gasteiger partial charge is 0.390 e. The van der Waals surface area contributed by atoms with Gasteiger partial charge in [-0.3, -0.25) is 19.9 Å². The highest BCUT2D eigenvalue weighted by atomic mass is 16.3. The van der Waals surface area contributed by atoms with Gasteiger partial charge in [0.05, 0.1) is 12.3 Å². The Morgan fingerprint density at radius 1 is 1.12 bits per heavy atom. The van der Waals surface area contributed by atoms with Gasteiger partial charge in [-0.2, -0.15) is 0 Å². The number of carbonyl (C=O) groups excluding carboxylic acids is 1. The number of nitrogens with zero attached hydrogens (tertiary/aromatic N) is 2. The third kappa shape index (κ3) is 6.78. The monoisotopic (exact) mass is 547 g/mol. The van der Waals surface area contributed by atoms with Crippen molar-refractivity contribution in [2.24, 2.45) is 0 Å². The fourth-order valence-electron chi connectivity index (χ4n) is 5.73. The maximum atomic E-state index is 12.5. The van der Waals surface area contributed by atoms with E-state index < -0.39 is 6.23 Å². The van der Waals surface area contributed by atoms with Crippen LogP contribution in [0.15, 0.2) is 41.3 Å². The van der Waals surface area contributed by atoms with E-state index in [1.807, 2.05) is 39.0 Å². The number of H-pyrrole nitrogens is 1. The Kier molecular flexibility index (Phi) is 9.40. The zero-order chi connectivity index (χ0) is 29.0. The molecule has 9 nitrogen and oxygen atoms in total. The minimum absolute atomic E-state index is 0.00938. The van der Waals surface area contributed by atoms with Gasteiger partial charge in [-0.25, -0.2) is 0 Å². The molecule has 1 aliphatic carbocycles. The van der Waals surface area contributed by atoms with Crippen LogP contribution < -0.4 is 21.1 Å². The van der Waals surface area contributed by atoms with Gasteiger partial charge in [-0.05, 0) is 87.4 Å². The number of amides is 1. The summed E-state index contributed by atoms with van der Waals surface area (Å²) < 4.78 is 0. The number of pyridine rings is 2. The van der Waals surface area contributed by atoms with Gasteiger partial charge < -0.3 is 25.4 Å². The van der Waals surface area contributed by atoms with Crippen LogP contribution in [0.2, 0.25) is 0 Å². The fraction of sp³-hybridized carbons (Fsp3) is 0.452. The van der Waals surface area contributed by atoms with Crippen LogP contribution in [0.3, 0.4) is 0 Å². The first-order valence-electron chi connectivity index (χ1n) is 13.9. The molecule has 9 heteroatoms. The van der Waals surface area contributed by atoms with Gasteiger partial charge in [0.2, 0.25) is 5.91 Å². The summed E-state index contributed by atoms with van der Waals surface area (Å²) in [5, 5.41) is 27.0. The molecule has 1 amide bonds. The molecular weight excluding hydrogens is 506 g/mol. The second-order valence-electron chi connectivity index (χ2n) is 10.9. The smallest absolute Gasteiger partial charge is 0.252 e. The summed E-state index contributed by atoms with van der Waals surface area (Å²) in [7, 11) is 2.08. The Hall–Kier alpha value is -3.53. The van der Waals surface area contributed by atoms with E-state index in [2.05, 4.69) is 38.6 Å². The van der Waals surface area contributed by atoms with Crippen LogP contribution in [0.4, 0.5) is 5.69 Å². The van der Waals surface area contributed by atoms with Gasteiger partial charge in [0.25, 0.3) is 5.56 Å². The van der Waals surface area contributed by atoms with Crippen molar-refractivity contribution in [2.75, 3.05) is 11.9 Å². The predicted molar refractivity (Wildman–Crippen MR) is 157 cm³/mol. The average Bonchev–Trinajstić information content (AvgIpc) is 2.92. The Morgan fingerprint density at radius 3 is 2.45 bits per heavy atom. The van der Waals surface area contributed by atoms with E-state index in [9.17, 15) is 19.8 Å². The van der Waals surface area contributed by atoms with E-state index in [0.29, 0.717) is 17.3 Å². The molecule has 0 radical (unpaired) electrons. The van der Waals surface area contributed by atoms with Crippen LogP contribution in [-0.4, -0.2) is 45.2 Å². The van der Waals surface area contributed by atoms with Gasteiger partial charge >= 0.3 is 0 Å². The van der Waals surface area contributed by atoms with Gasteiger partial charge in [0, 0.05) is 66.9 Å². The molecule has 1 saturated carbocycles. The second kappa shape index (κ2) is 12.8. The van der Waals surface area contributed by atoms with Crippen LogP contribution in [0.25, 0.3) is 11.1 Å². The quantitative estimate of drug-likeness (QED) is 0.259. The zero-order valence-corrected chi connectivity index (χ0v) is 24.0. The number of aromatic amines is 1. The molecule has 2 heterocycles. The van der Waals surface area contributed by atoms with Crippen molar-refractivity contribution < 1.29 is 15.0 Å². The lowest BCUT2D eigenvalue weighted by molar-refractivity contribution is -0.119. The molecule has 2 aromatic heterocycles. The molecule has 0 bridgehead atoms. The lowest BCUT2D eigenvalue weighted by atomic mass is 9.89. The minimum Gasteiger partial charge on any atom is -0.390 e. The number of benzene rings is 1. The summed E-state index contributed by atoms with van der Waals surface area (Å²) in [6.45, 7) is 7.41. The Balaban J connectivity index is 1.65. The molecule has 1 fully saturated rings. The maximum Gasteiger partial charge on any atom is 0.252 e. The molecule has 40 heavy (non-hydrogen) atoms. The standard InChI is InChI=1S/C31H41N5O4/c1-18-12-19(2)34-31(40)28(18)16-33-30(39)27-13-23(22-6-7-25(17-37)32-15-22)14-29(20(27)3)36(5)26-10-8-24(9-11-26)35-21(4)38/h6-7,12-15,24,26,30,33,37,39H,8-11,16-17H2,1-5H3,(H,34,40)(H,35,38)/t24-,26+,30?. The summed E-state index contributed by atoms with van der Waals surface area (Å²) in [5.74, 6) is 0.00938. The van der Waals surface area contributed by atoms with Gasteiger partial charge in [0.15, 0.2) is 0 Å². The maximum absolute atomic E-state index is 12.5.